The van der Waals surface area contributed by atoms with Gasteiger partial charge in [-0.2, -0.15) is 0 Å². The summed E-state index contributed by atoms with van der Waals surface area (Å²) in [6, 6.07) is 18.5. The summed E-state index contributed by atoms with van der Waals surface area (Å²) in [7, 11) is 3.11. The molecule has 130 valence electrons. The van der Waals surface area contributed by atoms with Gasteiger partial charge in [0.2, 0.25) is 0 Å². The number of ether oxygens (including phenoxy) is 2. The molecular formula is C21H17NO4. The number of carbonyl (C=O) groups is 1. The number of carbonyl (C=O) groups excluding carboxylic acids is 1. The summed E-state index contributed by atoms with van der Waals surface area (Å²) in [5, 5.41) is 4.83. The predicted octanol–water partition coefficient (Wildman–Crippen LogP) is 4.86. The summed E-state index contributed by atoms with van der Waals surface area (Å²) in [6.07, 6.45) is 0. The van der Waals surface area contributed by atoms with Crippen LogP contribution in [0.2, 0.25) is 0 Å². The third-order valence-corrected chi connectivity index (χ3v) is 4.30. The number of furan rings is 1. The molecule has 1 amide bonds. The molecular weight excluding hydrogens is 330 g/mol. The molecule has 26 heavy (non-hydrogen) atoms. The molecule has 0 fully saturated rings. The lowest BCUT2D eigenvalue weighted by molar-refractivity contribution is 0.102. The monoisotopic (exact) mass is 347 g/mol. The summed E-state index contributed by atoms with van der Waals surface area (Å²) >= 11 is 0. The van der Waals surface area contributed by atoms with Gasteiger partial charge >= 0.3 is 0 Å². The molecule has 1 N–H and O–H groups in total. The van der Waals surface area contributed by atoms with Gasteiger partial charge in [0.25, 0.3) is 5.91 Å². The first-order valence-electron chi connectivity index (χ1n) is 8.15. The average molecular weight is 347 g/mol. The molecule has 5 heteroatoms. The third kappa shape index (κ3) is 2.63. The van der Waals surface area contributed by atoms with Crippen LogP contribution in [0.5, 0.6) is 11.5 Å². The molecule has 0 saturated heterocycles. The molecule has 1 heterocycles. The van der Waals surface area contributed by atoms with Gasteiger partial charge in [-0.25, -0.2) is 0 Å². The Labute approximate surface area is 150 Å². The highest BCUT2D eigenvalue weighted by Gasteiger charge is 2.16. The summed E-state index contributed by atoms with van der Waals surface area (Å²) in [5.41, 5.74) is 2.46. The fourth-order valence-electron chi connectivity index (χ4n) is 3.04. The van der Waals surface area contributed by atoms with E-state index in [1.807, 2.05) is 36.4 Å². The van der Waals surface area contributed by atoms with Crippen molar-refractivity contribution in [1.82, 2.24) is 0 Å². The maximum Gasteiger partial charge on any atom is 0.259 e. The van der Waals surface area contributed by atoms with Gasteiger partial charge in [-0.15, -0.1) is 0 Å². The van der Waals surface area contributed by atoms with Crippen molar-refractivity contribution in [1.29, 1.82) is 0 Å². The number of anilines is 1. The molecule has 0 aliphatic rings. The van der Waals surface area contributed by atoms with Crippen molar-refractivity contribution in [2.45, 2.75) is 0 Å². The second kappa shape index (κ2) is 6.44. The summed E-state index contributed by atoms with van der Waals surface area (Å²) in [5.74, 6) is 0.789. The van der Waals surface area contributed by atoms with Crippen molar-refractivity contribution in [2.75, 3.05) is 19.5 Å². The van der Waals surface area contributed by atoms with Gasteiger partial charge in [-0.1, -0.05) is 30.3 Å². The zero-order chi connectivity index (χ0) is 18.1. The Balaban J connectivity index is 1.78. The lowest BCUT2D eigenvalue weighted by Gasteiger charge is -2.12. The topological polar surface area (TPSA) is 60.7 Å². The van der Waals surface area contributed by atoms with Crippen LogP contribution in [-0.2, 0) is 0 Å². The van der Waals surface area contributed by atoms with Crippen LogP contribution in [0.15, 0.2) is 65.1 Å². The van der Waals surface area contributed by atoms with Crippen molar-refractivity contribution >= 4 is 33.5 Å². The van der Waals surface area contributed by atoms with Gasteiger partial charge in [0.15, 0.2) is 0 Å². The molecule has 0 aliphatic heterocycles. The minimum Gasteiger partial charge on any atom is -0.496 e. The number of benzene rings is 3. The molecule has 0 atom stereocenters. The summed E-state index contributed by atoms with van der Waals surface area (Å²) in [6.45, 7) is 0. The number of rotatable bonds is 4. The first-order chi connectivity index (χ1) is 12.7. The summed E-state index contributed by atoms with van der Waals surface area (Å²) in [4.78, 5) is 12.7. The van der Waals surface area contributed by atoms with Crippen LogP contribution >= 0.6 is 0 Å². The van der Waals surface area contributed by atoms with E-state index in [4.69, 9.17) is 13.9 Å². The van der Waals surface area contributed by atoms with Crippen molar-refractivity contribution in [3.63, 3.8) is 0 Å². The van der Waals surface area contributed by atoms with E-state index in [0.717, 1.165) is 16.4 Å². The fourth-order valence-corrected chi connectivity index (χ4v) is 3.04. The van der Waals surface area contributed by atoms with E-state index in [-0.39, 0.29) is 5.91 Å². The first kappa shape index (κ1) is 16.0. The lowest BCUT2D eigenvalue weighted by atomic mass is 10.1. The van der Waals surface area contributed by atoms with Gasteiger partial charge < -0.3 is 19.2 Å². The third-order valence-electron chi connectivity index (χ3n) is 4.30. The molecule has 0 spiro atoms. The maximum atomic E-state index is 12.7. The normalized spacial score (nSPS) is 10.8. The highest BCUT2D eigenvalue weighted by atomic mass is 16.5. The lowest BCUT2D eigenvalue weighted by Crippen LogP contribution is -2.13. The standard InChI is InChI=1S/C21H17NO4/c1-24-17-9-5-4-8-14(17)21(23)22-16-12-19-15(11-20(16)25-2)13-7-3-6-10-18(13)26-19/h3-12H,1-2H3,(H,22,23). The van der Waals surface area contributed by atoms with Crippen molar-refractivity contribution in [3.8, 4) is 11.5 Å². The van der Waals surface area contributed by atoms with Crippen LogP contribution in [0.3, 0.4) is 0 Å². The van der Waals surface area contributed by atoms with E-state index >= 15 is 0 Å². The molecule has 4 aromatic rings. The van der Waals surface area contributed by atoms with Crippen LogP contribution in [-0.4, -0.2) is 20.1 Å². The van der Waals surface area contributed by atoms with Gasteiger partial charge in [-0.3, -0.25) is 4.79 Å². The van der Waals surface area contributed by atoms with E-state index in [1.165, 1.54) is 7.11 Å². The van der Waals surface area contributed by atoms with Crippen molar-refractivity contribution in [3.05, 3.63) is 66.2 Å². The smallest absolute Gasteiger partial charge is 0.259 e. The number of nitrogens with one attached hydrogen (secondary N) is 1. The Kier molecular flexibility index (Phi) is 3.97. The SMILES string of the molecule is COc1cc2c(cc1NC(=O)c1ccccc1OC)oc1ccccc12. The Bertz CT molecular complexity index is 1110. The van der Waals surface area contributed by atoms with Crippen molar-refractivity contribution < 1.29 is 18.7 Å². The first-order valence-corrected chi connectivity index (χ1v) is 8.15. The van der Waals surface area contributed by atoms with Crippen molar-refractivity contribution in [2.24, 2.45) is 0 Å². The molecule has 5 nitrogen and oxygen atoms in total. The van der Waals surface area contributed by atoms with E-state index in [1.54, 1.807) is 31.4 Å². The van der Waals surface area contributed by atoms with Gasteiger partial charge in [0.05, 0.1) is 25.5 Å². The van der Waals surface area contributed by atoms with Crippen LogP contribution in [0.4, 0.5) is 5.69 Å². The average Bonchev–Trinajstić information content (AvgIpc) is 3.04. The Morgan fingerprint density at radius 2 is 1.58 bits per heavy atom. The van der Waals surface area contributed by atoms with Crippen LogP contribution < -0.4 is 14.8 Å². The molecule has 1 aromatic heterocycles. The van der Waals surface area contributed by atoms with Crippen LogP contribution in [0.25, 0.3) is 21.9 Å². The molecule has 0 radical (unpaired) electrons. The summed E-state index contributed by atoms with van der Waals surface area (Å²) < 4.78 is 16.6. The van der Waals surface area contributed by atoms with E-state index in [9.17, 15) is 4.79 Å². The second-order valence-corrected chi connectivity index (χ2v) is 5.80. The van der Waals surface area contributed by atoms with Gasteiger partial charge in [0, 0.05) is 16.8 Å². The zero-order valence-electron chi connectivity index (χ0n) is 14.4. The highest BCUT2D eigenvalue weighted by Crippen LogP contribution is 2.36. The van der Waals surface area contributed by atoms with Crippen LogP contribution in [0, 0.1) is 0 Å². The number of hydrogen-bond acceptors (Lipinski definition) is 4. The zero-order valence-corrected chi connectivity index (χ0v) is 14.4. The Morgan fingerprint density at radius 1 is 0.846 bits per heavy atom. The molecule has 3 aromatic carbocycles. The molecule has 0 aliphatic carbocycles. The van der Waals surface area contributed by atoms with Gasteiger partial charge in [0.1, 0.15) is 22.7 Å². The Morgan fingerprint density at radius 3 is 2.38 bits per heavy atom. The second-order valence-electron chi connectivity index (χ2n) is 5.80. The minimum absolute atomic E-state index is 0.281. The molecule has 4 rings (SSSR count). The predicted molar refractivity (Wildman–Crippen MR) is 101 cm³/mol. The maximum absolute atomic E-state index is 12.7. The number of hydrogen-bond donors (Lipinski definition) is 1. The number of methoxy groups -OCH3 is 2. The quantitative estimate of drug-likeness (QED) is 0.573. The highest BCUT2D eigenvalue weighted by molar-refractivity contribution is 6.10. The molecule has 0 bridgehead atoms. The van der Waals surface area contributed by atoms with E-state index in [0.29, 0.717) is 28.3 Å². The van der Waals surface area contributed by atoms with Crippen LogP contribution in [0.1, 0.15) is 10.4 Å². The molecule has 0 saturated carbocycles. The Hall–Kier alpha value is -3.47. The fraction of sp³-hybridized carbons (Fsp3) is 0.0952. The number of para-hydroxylation sites is 2. The number of amides is 1. The van der Waals surface area contributed by atoms with E-state index < -0.39 is 0 Å². The largest absolute Gasteiger partial charge is 0.496 e. The van der Waals surface area contributed by atoms with Gasteiger partial charge in [-0.05, 0) is 24.3 Å². The molecule has 0 unspecified atom stereocenters. The minimum atomic E-state index is -0.281. The van der Waals surface area contributed by atoms with E-state index in [2.05, 4.69) is 5.32 Å². The number of fused-ring (bicyclic) bond motifs is 3.